The van der Waals surface area contributed by atoms with Crippen molar-refractivity contribution in [2.45, 2.75) is 0 Å². The monoisotopic (exact) mass is 160 g/mol. The van der Waals surface area contributed by atoms with Crippen LogP contribution in [0.4, 0.5) is 0 Å². The van der Waals surface area contributed by atoms with Crippen molar-refractivity contribution in [1.29, 1.82) is 0 Å². The van der Waals surface area contributed by atoms with Crippen molar-refractivity contribution in [2.24, 2.45) is 5.73 Å². The number of nitrogens with two attached hydrogens (primary N) is 1. The number of carbonyl (C=O) groups excluding carboxylic acids is 1. The first-order valence-corrected chi connectivity index (χ1v) is 2.96. The SMILES string of the molecule is NCC(=O)c1cnc(Cl)o1. The van der Waals surface area contributed by atoms with Crippen LogP contribution in [0.15, 0.2) is 10.6 Å². The molecule has 0 aliphatic rings. The highest BCUT2D eigenvalue weighted by Gasteiger charge is 2.08. The molecule has 0 radical (unpaired) electrons. The normalized spacial score (nSPS) is 9.80. The minimum Gasteiger partial charge on any atom is -0.424 e. The number of nitrogens with zero attached hydrogens (tertiary/aromatic N) is 1. The van der Waals surface area contributed by atoms with Gasteiger partial charge in [-0.2, -0.15) is 0 Å². The first kappa shape index (κ1) is 7.24. The van der Waals surface area contributed by atoms with E-state index in [9.17, 15) is 4.79 Å². The van der Waals surface area contributed by atoms with Crippen molar-refractivity contribution in [3.05, 3.63) is 17.3 Å². The second kappa shape index (κ2) is 2.81. The maximum atomic E-state index is 10.7. The van der Waals surface area contributed by atoms with Gasteiger partial charge in [-0.1, -0.05) is 0 Å². The third kappa shape index (κ3) is 1.34. The van der Waals surface area contributed by atoms with E-state index in [1.165, 1.54) is 6.20 Å². The molecule has 0 bridgehead atoms. The molecular formula is C5H5ClN2O2. The highest BCUT2D eigenvalue weighted by atomic mass is 35.5. The van der Waals surface area contributed by atoms with E-state index in [0.717, 1.165) is 0 Å². The van der Waals surface area contributed by atoms with Crippen LogP contribution in [-0.2, 0) is 0 Å². The Balaban J connectivity index is 2.85. The van der Waals surface area contributed by atoms with E-state index in [2.05, 4.69) is 9.40 Å². The number of rotatable bonds is 2. The molecule has 1 aromatic heterocycles. The van der Waals surface area contributed by atoms with Crippen molar-refractivity contribution in [2.75, 3.05) is 6.54 Å². The number of hydrogen-bond donors (Lipinski definition) is 1. The number of aromatic nitrogens is 1. The molecule has 0 aliphatic heterocycles. The van der Waals surface area contributed by atoms with Crippen molar-refractivity contribution >= 4 is 17.4 Å². The molecule has 10 heavy (non-hydrogen) atoms. The predicted octanol–water partition coefficient (Wildman–Crippen LogP) is 0.469. The van der Waals surface area contributed by atoms with Crippen LogP contribution < -0.4 is 5.73 Å². The molecule has 0 saturated heterocycles. The molecule has 1 aromatic rings. The number of hydrogen-bond acceptors (Lipinski definition) is 4. The average Bonchev–Trinajstić information content (AvgIpc) is 2.34. The summed E-state index contributed by atoms with van der Waals surface area (Å²) in [6, 6.07) is 0. The molecule has 0 aliphatic carbocycles. The smallest absolute Gasteiger partial charge is 0.292 e. The Morgan fingerprint density at radius 1 is 1.90 bits per heavy atom. The minimum atomic E-state index is -0.306. The second-order valence-corrected chi connectivity index (χ2v) is 1.93. The van der Waals surface area contributed by atoms with Crippen LogP contribution in [-0.4, -0.2) is 17.3 Å². The Bertz CT molecular complexity index is 246. The summed E-state index contributed by atoms with van der Waals surface area (Å²) in [5, 5.41) is -0.0446. The van der Waals surface area contributed by atoms with E-state index in [1.807, 2.05) is 0 Å². The van der Waals surface area contributed by atoms with Gasteiger partial charge in [-0.25, -0.2) is 4.98 Å². The molecule has 0 aromatic carbocycles. The molecule has 0 fully saturated rings. The Hall–Kier alpha value is -0.870. The van der Waals surface area contributed by atoms with Gasteiger partial charge in [0.2, 0.25) is 5.78 Å². The van der Waals surface area contributed by atoms with E-state index >= 15 is 0 Å². The lowest BCUT2D eigenvalue weighted by molar-refractivity contribution is 0.0975. The fraction of sp³-hybridized carbons (Fsp3) is 0.200. The second-order valence-electron chi connectivity index (χ2n) is 1.60. The van der Waals surface area contributed by atoms with Gasteiger partial charge in [-0.3, -0.25) is 4.79 Å². The molecule has 1 rings (SSSR count). The lowest BCUT2D eigenvalue weighted by Crippen LogP contribution is -2.12. The summed E-state index contributed by atoms with van der Waals surface area (Å²) in [6.45, 7) is -0.0917. The van der Waals surface area contributed by atoms with Crippen LogP contribution in [0.5, 0.6) is 0 Å². The zero-order valence-corrected chi connectivity index (χ0v) is 5.76. The molecule has 0 unspecified atom stereocenters. The summed E-state index contributed by atoms with van der Waals surface area (Å²) in [6.07, 6.45) is 1.25. The first-order valence-electron chi connectivity index (χ1n) is 2.58. The lowest BCUT2D eigenvalue weighted by atomic mass is 10.3. The Morgan fingerprint density at radius 3 is 3.00 bits per heavy atom. The van der Waals surface area contributed by atoms with Gasteiger partial charge in [-0.05, 0) is 11.6 Å². The maximum Gasteiger partial charge on any atom is 0.292 e. The molecule has 54 valence electrons. The van der Waals surface area contributed by atoms with Crippen LogP contribution in [0.3, 0.4) is 0 Å². The van der Waals surface area contributed by atoms with Crippen LogP contribution in [0.25, 0.3) is 0 Å². The van der Waals surface area contributed by atoms with E-state index in [1.54, 1.807) is 0 Å². The van der Waals surface area contributed by atoms with Gasteiger partial charge in [0.05, 0.1) is 12.7 Å². The minimum absolute atomic E-state index is 0.0446. The number of carbonyl (C=O) groups is 1. The van der Waals surface area contributed by atoms with Gasteiger partial charge in [0.1, 0.15) is 0 Å². The number of oxazole rings is 1. The molecule has 5 heteroatoms. The van der Waals surface area contributed by atoms with Crippen LogP contribution in [0.2, 0.25) is 5.35 Å². The zero-order chi connectivity index (χ0) is 7.56. The molecule has 1 heterocycles. The van der Waals surface area contributed by atoms with Crippen LogP contribution in [0, 0.1) is 0 Å². The highest BCUT2D eigenvalue weighted by molar-refractivity contribution is 6.27. The third-order valence-electron chi connectivity index (χ3n) is 0.938. The number of Topliss-reactive ketones (excluding diaryl/α,β-unsaturated/α-hetero) is 1. The standard InChI is InChI=1S/C5H5ClN2O2/c6-5-8-2-4(10-5)3(9)1-7/h2H,1,7H2. The van der Waals surface area contributed by atoms with Gasteiger partial charge < -0.3 is 10.2 Å². The molecular weight excluding hydrogens is 156 g/mol. The molecule has 0 spiro atoms. The van der Waals surface area contributed by atoms with E-state index in [-0.39, 0.29) is 23.4 Å². The summed E-state index contributed by atoms with van der Waals surface area (Å²) >= 11 is 5.29. The molecule has 0 amide bonds. The maximum absolute atomic E-state index is 10.7. The highest BCUT2D eigenvalue weighted by Crippen LogP contribution is 2.08. The van der Waals surface area contributed by atoms with Crippen molar-refractivity contribution in [3.8, 4) is 0 Å². The third-order valence-corrected chi connectivity index (χ3v) is 1.11. The largest absolute Gasteiger partial charge is 0.424 e. The van der Waals surface area contributed by atoms with Crippen LogP contribution >= 0.6 is 11.6 Å². The Labute approximate surface area is 62.0 Å². The number of halogens is 1. The summed E-state index contributed by atoms with van der Waals surface area (Å²) in [4.78, 5) is 14.2. The summed E-state index contributed by atoms with van der Waals surface area (Å²) in [7, 11) is 0. The first-order chi connectivity index (χ1) is 4.74. The van der Waals surface area contributed by atoms with E-state index in [4.69, 9.17) is 17.3 Å². The Morgan fingerprint density at radius 2 is 2.60 bits per heavy atom. The molecule has 0 atom stereocenters. The summed E-state index contributed by atoms with van der Waals surface area (Å²) < 4.78 is 4.66. The topological polar surface area (TPSA) is 69.1 Å². The summed E-state index contributed by atoms with van der Waals surface area (Å²) in [5.74, 6) is -0.202. The zero-order valence-electron chi connectivity index (χ0n) is 5.00. The fourth-order valence-electron chi connectivity index (χ4n) is 0.482. The van der Waals surface area contributed by atoms with Gasteiger partial charge in [0.25, 0.3) is 5.35 Å². The van der Waals surface area contributed by atoms with Gasteiger partial charge in [0, 0.05) is 0 Å². The van der Waals surface area contributed by atoms with Crippen LogP contribution in [0.1, 0.15) is 10.6 Å². The van der Waals surface area contributed by atoms with Crippen molar-refractivity contribution in [3.63, 3.8) is 0 Å². The quantitative estimate of drug-likeness (QED) is 0.639. The molecule has 4 nitrogen and oxygen atoms in total. The average molecular weight is 161 g/mol. The van der Waals surface area contributed by atoms with Crippen molar-refractivity contribution in [1.82, 2.24) is 4.98 Å². The molecule has 0 saturated carbocycles. The summed E-state index contributed by atoms with van der Waals surface area (Å²) in [5.41, 5.74) is 5.03. The lowest BCUT2D eigenvalue weighted by Gasteiger charge is -1.85. The van der Waals surface area contributed by atoms with Crippen molar-refractivity contribution < 1.29 is 9.21 Å². The van der Waals surface area contributed by atoms with Gasteiger partial charge in [-0.15, -0.1) is 0 Å². The van der Waals surface area contributed by atoms with Gasteiger partial charge in [0.15, 0.2) is 5.76 Å². The van der Waals surface area contributed by atoms with Gasteiger partial charge >= 0.3 is 0 Å². The fourth-order valence-corrected chi connectivity index (χ4v) is 0.614. The molecule has 2 N–H and O–H groups in total. The van der Waals surface area contributed by atoms with E-state index < -0.39 is 0 Å². The predicted molar refractivity (Wildman–Crippen MR) is 34.9 cm³/mol. The van der Waals surface area contributed by atoms with E-state index in [0.29, 0.717) is 0 Å². The Kier molecular flexibility index (Phi) is 2.03. The number of ketones is 1.